The van der Waals surface area contributed by atoms with Crippen LogP contribution in [-0.4, -0.2) is 16.5 Å². The summed E-state index contributed by atoms with van der Waals surface area (Å²) in [6.45, 7) is 4.08. The second-order valence-corrected chi connectivity index (χ2v) is 4.24. The van der Waals surface area contributed by atoms with E-state index in [2.05, 4.69) is 22.2 Å². The molecule has 1 N–H and O–H groups in total. The van der Waals surface area contributed by atoms with Gasteiger partial charge in [0.15, 0.2) is 0 Å². The zero-order valence-electron chi connectivity index (χ0n) is 8.16. The lowest BCUT2D eigenvalue weighted by Gasteiger charge is -1.96. The minimum absolute atomic E-state index is 0.868. The molecule has 0 aliphatic carbocycles. The summed E-state index contributed by atoms with van der Waals surface area (Å²) < 4.78 is 1.22. The number of hydrogen-bond acceptors (Lipinski definition) is 4. The van der Waals surface area contributed by atoms with Gasteiger partial charge in [0.05, 0.1) is 16.4 Å². The van der Waals surface area contributed by atoms with Gasteiger partial charge in [-0.05, 0) is 19.0 Å². The summed E-state index contributed by atoms with van der Waals surface area (Å²) >= 11 is 1.73. The largest absolute Gasteiger partial charge is 0.310 e. The molecule has 0 aliphatic rings. The number of nitrogens with one attached hydrogen (secondary N) is 1. The SMILES string of the molecule is CCCNCc1nc2cnccc2s1. The molecule has 2 aromatic heterocycles. The van der Waals surface area contributed by atoms with Crippen molar-refractivity contribution < 1.29 is 0 Å². The minimum Gasteiger partial charge on any atom is -0.310 e. The fraction of sp³-hybridized carbons (Fsp3) is 0.400. The molecule has 2 heterocycles. The molecule has 0 unspecified atom stereocenters. The van der Waals surface area contributed by atoms with Crippen molar-refractivity contribution in [1.82, 2.24) is 15.3 Å². The molecule has 0 saturated carbocycles. The lowest BCUT2D eigenvalue weighted by atomic mass is 10.4. The molecule has 4 heteroatoms. The van der Waals surface area contributed by atoms with E-state index in [1.807, 2.05) is 18.5 Å². The topological polar surface area (TPSA) is 37.8 Å². The molecule has 0 amide bonds. The highest BCUT2D eigenvalue weighted by Crippen LogP contribution is 2.20. The molecule has 0 saturated heterocycles. The van der Waals surface area contributed by atoms with E-state index >= 15 is 0 Å². The number of aromatic nitrogens is 2. The lowest BCUT2D eigenvalue weighted by Crippen LogP contribution is -2.13. The number of thiazole rings is 1. The molecule has 2 aromatic rings. The molecule has 0 radical (unpaired) electrons. The molecular weight excluding hydrogens is 194 g/mol. The quantitative estimate of drug-likeness (QED) is 0.781. The second-order valence-electron chi connectivity index (χ2n) is 3.13. The van der Waals surface area contributed by atoms with Gasteiger partial charge in [0.1, 0.15) is 5.01 Å². The van der Waals surface area contributed by atoms with Gasteiger partial charge < -0.3 is 5.32 Å². The molecular formula is C10H13N3S. The maximum atomic E-state index is 4.48. The van der Waals surface area contributed by atoms with Crippen LogP contribution in [-0.2, 0) is 6.54 Å². The van der Waals surface area contributed by atoms with Crippen LogP contribution in [0.3, 0.4) is 0 Å². The van der Waals surface area contributed by atoms with Crippen LogP contribution in [0.25, 0.3) is 10.2 Å². The van der Waals surface area contributed by atoms with Gasteiger partial charge in [0.2, 0.25) is 0 Å². The van der Waals surface area contributed by atoms with Crippen molar-refractivity contribution in [2.75, 3.05) is 6.54 Å². The number of hydrogen-bond donors (Lipinski definition) is 1. The first-order valence-corrected chi connectivity index (χ1v) is 5.62. The Morgan fingerprint density at radius 3 is 3.21 bits per heavy atom. The Kier molecular flexibility index (Phi) is 3.06. The van der Waals surface area contributed by atoms with E-state index in [9.17, 15) is 0 Å². The van der Waals surface area contributed by atoms with Gasteiger partial charge in [0.25, 0.3) is 0 Å². The Balaban J connectivity index is 2.11. The summed E-state index contributed by atoms with van der Waals surface area (Å²) in [5, 5.41) is 4.48. The first-order valence-electron chi connectivity index (χ1n) is 4.80. The standard InChI is InChI=1S/C10H13N3S/c1-2-4-11-7-10-13-8-6-12-5-3-9(8)14-10/h3,5-6,11H,2,4,7H2,1H3. The Morgan fingerprint density at radius 2 is 2.43 bits per heavy atom. The second kappa shape index (κ2) is 4.48. The van der Waals surface area contributed by atoms with Crippen molar-refractivity contribution in [1.29, 1.82) is 0 Å². The van der Waals surface area contributed by atoms with Crippen molar-refractivity contribution in [3.63, 3.8) is 0 Å². The summed E-state index contributed by atoms with van der Waals surface area (Å²) in [7, 11) is 0. The minimum atomic E-state index is 0.868. The third-order valence-corrected chi connectivity index (χ3v) is 2.97. The molecule has 14 heavy (non-hydrogen) atoms. The average Bonchev–Trinajstić information content (AvgIpc) is 2.60. The predicted molar refractivity (Wildman–Crippen MR) is 59.4 cm³/mol. The molecule has 0 spiro atoms. The van der Waals surface area contributed by atoms with Crippen molar-refractivity contribution >= 4 is 21.6 Å². The maximum absolute atomic E-state index is 4.48. The van der Waals surface area contributed by atoms with E-state index in [-0.39, 0.29) is 0 Å². The van der Waals surface area contributed by atoms with Gasteiger partial charge >= 0.3 is 0 Å². The number of fused-ring (bicyclic) bond motifs is 1. The Labute approximate surface area is 87.2 Å². The van der Waals surface area contributed by atoms with Crippen molar-refractivity contribution in [2.24, 2.45) is 0 Å². The lowest BCUT2D eigenvalue weighted by molar-refractivity contribution is 0.673. The first-order chi connectivity index (χ1) is 6.90. The zero-order chi connectivity index (χ0) is 9.80. The van der Waals surface area contributed by atoms with Crippen LogP contribution in [0.2, 0.25) is 0 Å². The van der Waals surface area contributed by atoms with Gasteiger partial charge in [-0.3, -0.25) is 4.98 Å². The average molecular weight is 207 g/mol. The van der Waals surface area contributed by atoms with Gasteiger partial charge in [-0.15, -0.1) is 11.3 Å². The number of rotatable bonds is 4. The third-order valence-electron chi connectivity index (χ3n) is 1.94. The number of nitrogens with zero attached hydrogens (tertiary/aromatic N) is 2. The van der Waals surface area contributed by atoms with Crippen LogP contribution in [0.1, 0.15) is 18.4 Å². The van der Waals surface area contributed by atoms with Crippen LogP contribution >= 0.6 is 11.3 Å². The van der Waals surface area contributed by atoms with Crippen LogP contribution in [0, 0.1) is 0 Å². The fourth-order valence-corrected chi connectivity index (χ4v) is 2.18. The Morgan fingerprint density at radius 1 is 1.50 bits per heavy atom. The predicted octanol–water partition coefficient (Wildman–Crippen LogP) is 2.19. The van der Waals surface area contributed by atoms with Crippen LogP contribution in [0.5, 0.6) is 0 Å². The van der Waals surface area contributed by atoms with E-state index in [0.29, 0.717) is 0 Å². The highest BCUT2D eigenvalue weighted by atomic mass is 32.1. The van der Waals surface area contributed by atoms with Gasteiger partial charge in [-0.1, -0.05) is 6.92 Å². The highest BCUT2D eigenvalue weighted by molar-refractivity contribution is 7.18. The first kappa shape index (κ1) is 9.55. The zero-order valence-corrected chi connectivity index (χ0v) is 8.97. The van der Waals surface area contributed by atoms with Crippen molar-refractivity contribution in [3.8, 4) is 0 Å². The van der Waals surface area contributed by atoms with Crippen molar-refractivity contribution in [3.05, 3.63) is 23.5 Å². The van der Waals surface area contributed by atoms with Gasteiger partial charge in [0, 0.05) is 12.7 Å². The number of pyridine rings is 1. The molecule has 0 fully saturated rings. The summed E-state index contributed by atoms with van der Waals surface area (Å²) in [6.07, 6.45) is 4.78. The summed E-state index contributed by atoms with van der Waals surface area (Å²) in [5.41, 5.74) is 1.01. The molecule has 74 valence electrons. The Bertz CT molecular complexity index is 377. The van der Waals surface area contributed by atoms with Gasteiger partial charge in [-0.2, -0.15) is 0 Å². The van der Waals surface area contributed by atoms with Gasteiger partial charge in [-0.25, -0.2) is 4.98 Å². The molecule has 0 atom stereocenters. The summed E-state index contributed by atoms with van der Waals surface area (Å²) in [5.74, 6) is 0. The van der Waals surface area contributed by atoms with Crippen LogP contribution in [0.4, 0.5) is 0 Å². The highest BCUT2D eigenvalue weighted by Gasteiger charge is 2.01. The monoisotopic (exact) mass is 207 g/mol. The molecule has 0 bridgehead atoms. The third kappa shape index (κ3) is 2.08. The molecule has 0 aliphatic heterocycles. The molecule has 3 nitrogen and oxygen atoms in total. The van der Waals surface area contributed by atoms with E-state index in [1.165, 1.54) is 4.70 Å². The maximum Gasteiger partial charge on any atom is 0.108 e. The van der Waals surface area contributed by atoms with Crippen LogP contribution < -0.4 is 5.32 Å². The summed E-state index contributed by atoms with van der Waals surface area (Å²) in [6, 6.07) is 2.01. The van der Waals surface area contributed by atoms with E-state index < -0.39 is 0 Å². The fourth-order valence-electron chi connectivity index (χ4n) is 1.28. The Hall–Kier alpha value is -1.00. The van der Waals surface area contributed by atoms with E-state index in [1.54, 1.807) is 11.3 Å². The summed E-state index contributed by atoms with van der Waals surface area (Å²) in [4.78, 5) is 8.52. The van der Waals surface area contributed by atoms with E-state index in [4.69, 9.17) is 0 Å². The van der Waals surface area contributed by atoms with E-state index in [0.717, 1.165) is 30.0 Å². The molecule has 0 aromatic carbocycles. The molecule has 2 rings (SSSR count). The smallest absolute Gasteiger partial charge is 0.108 e. The van der Waals surface area contributed by atoms with Crippen molar-refractivity contribution in [2.45, 2.75) is 19.9 Å². The normalized spacial score (nSPS) is 10.9. The van der Waals surface area contributed by atoms with Crippen LogP contribution in [0.15, 0.2) is 18.5 Å².